The third-order valence-corrected chi connectivity index (χ3v) is 4.37. The van der Waals surface area contributed by atoms with Gasteiger partial charge < -0.3 is 10.2 Å². The SMILES string of the molecule is CC(C)CNCc1cnc(N(C)C2CCCC(C)C2)cn1. The Labute approximate surface area is 129 Å². The Kier molecular flexibility index (Phi) is 5.97. The van der Waals surface area contributed by atoms with E-state index < -0.39 is 0 Å². The van der Waals surface area contributed by atoms with E-state index in [-0.39, 0.29) is 0 Å². The van der Waals surface area contributed by atoms with E-state index in [0.29, 0.717) is 12.0 Å². The van der Waals surface area contributed by atoms with Crippen LogP contribution in [0.25, 0.3) is 0 Å². The molecule has 2 rings (SSSR count). The Bertz CT molecular complexity index is 415. The highest BCUT2D eigenvalue weighted by molar-refractivity contribution is 5.36. The van der Waals surface area contributed by atoms with Crippen LogP contribution in [-0.2, 0) is 6.54 Å². The van der Waals surface area contributed by atoms with Gasteiger partial charge in [-0.05, 0) is 31.2 Å². The first-order chi connectivity index (χ1) is 10.1. The van der Waals surface area contributed by atoms with Crippen LogP contribution in [0.1, 0.15) is 52.1 Å². The summed E-state index contributed by atoms with van der Waals surface area (Å²) in [5, 5.41) is 3.40. The van der Waals surface area contributed by atoms with Gasteiger partial charge in [0.15, 0.2) is 0 Å². The second kappa shape index (κ2) is 7.74. The van der Waals surface area contributed by atoms with Crippen LogP contribution in [0.15, 0.2) is 12.4 Å². The Hall–Kier alpha value is -1.16. The van der Waals surface area contributed by atoms with Crippen LogP contribution in [-0.4, -0.2) is 29.6 Å². The van der Waals surface area contributed by atoms with Crippen molar-refractivity contribution in [3.63, 3.8) is 0 Å². The van der Waals surface area contributed by atoms with Crippen LogP contribution >= 0.6 is 0 Å². The van der Waals surface area contributed by atoms with Gasteiger partial charge in [0.05, 0.1) is 18.1 Å². The summed E-state index contributed by atoms with van der Waals surface area (Å²) in [4.78, 5) is 11.5. The van der Waals surface area contributed by atoms with Crippen LogP contribution in [0.3, 0.4) is 0 Å². The van der Waals surface area contributed by atoms with Crippen molar-refractivity contribution < 1.29 is 0 Å². The van der Waals surface area contributed by atoms with Gasteiger partial charge in [-0.1, -0.05) is 33.6 Å². The summed E-state index contributed by atoms with van der Waals surface area (Å²) in [5.74, 6) is 2.50. The van der Waals surface area contributed by atoms with Crippen molar-refractivity contribution in [2.24, 2.45) is 11.8 Å². The minimum atomic E-state index is 0.618. The summed E-state index contributed by atoms with van der Waals surface area (Å²) >= 11 is 0. The maximum atomic E-state index is 4.60. The van der Waals surface area contributed by atoms with Gasteiger partial charge in [0, 0.05) is 19.6 Å². The molecule has 1 aromatic heterocycles. The summed E-state index contributed by atoms with van der Waals surface area (Å²) < 4.78 is 0. The van der Waals surface area contributed by atoms with Gasteiger partial charge in [-0.2, -0.15) is 0 Å². The van der Waals surface area contributed by atoms with E-state index in [2.05, 4.69) is 48.0 Å². The number of nitrogens with zero attached hydrogens (tertiary/aromatic N) is 3. The second-order valence-corrected chi connectivity index (χ2v) is 6.93. The minimum Gasteiger partial charge on any atom is -0.355 e. The van der Waals surface area contributed by atoms with Gasteiger partial charge in [0.1, 0.15) is 5.82 Å². The van der Waals surface area contributed by atoms with E-state index in [1.807, 2.05) is 12.4 Å². The molecule has 0 spiro atoms. The Balaban J connectivity index is 1.88. The predicted octanol–water partition coefficient (Wildman–Crippen LogP) is 3.24. The first-order valence-corrected chi connectivity index (χ1v) is 8.30. The molecular formula is C17H30N4. The number of nitrogens with one attached hydrogen (secondary N) is 1. The van der Waals surface area contributed by atoms with Crippen LogP contribution in [0.4, 0.5) is 5.82 Å². The maximum absolute atomic E-state index is 4.60. The molecule has 0 bridgehead atoms. The zero-order chi connectivity index (χ0) is 15.2. The van der Waals surface area contributed by atoms with Crippen molar-refractivity contribution in [3.05, 3.63) is 18.1 Å². The first-order valence-electron chi connectivity index (χ1n) is 8.30. The van der Waals surface area contributed by atoms with Gasteiger partial charge in [-0.3, -0.25) is 4.98 Å². The lowest BCUT2D eigenvalue weighted by atomic mass is 9.86. The van der Waals surface area contributed by atoms with E-state index in [1.54, 1.807) is 0 Å². The lowest BCUT2D eigenvalue weighted by molar-refractivity contribution is 0.335. The number of hydrogen-bond donors (Lipinski definition) is 1. The van der Waals surface area contributed by atoms with Crippen LogP contribution in [0.5, 0.6) is 0 Å². The molecule has 0 saturated heterocycles. The normalized spacial score (nSPS) is 22.5. The third-order valence-electron chi connectivity index (χ3n) is 4.37. The fraction of sp³-hybridized carbons (Fsp3) is 0.765. The van der Waals surface area contributed by atoms with E-state index in [9.17, 15) is 0 Å². The Morgan fingerprint density at radius 2 is 2.10 bits per heavy atom. The van der Waals surface area contributed by atoms with Crippen molar-refractivity contribution in [1.82, 2.24) is 15.3 Å². The molecule has 118 valence electrons. The molecule has 1 aliphatic carbocycles. The highest BCUT2D eigenvalue weighted by Crippen LogP contribution is 2.28. The summed E-state index contributed by atoms with van der Waals surface area (Å²) in [7, 11) is 2.16. The van der Waals surface area contributed by atoms with E-state index in [0.717, 1.165) is 30.5 Å². The first kappa shape index (κ1) is 16.2. The molecule has 2 unspecified atom stereocenters. The van der Waals surface area contributed by atoms with Gasteiger partial charge in [0.2, 0.25) is 0 Å². The molecule has 4 heteroatoms. The Morgan fingerprint density at radius 3 is 2.71 bits per heavy atom. The van der Waals surface area contributed by atoms with Crippen LogP contribution in [0, 0.1) is 11.8 Å². The minimum absolute atomic E-state index is 0.618. The molecular weight excluding hydrogens is 260 g/mol. The molecule has 0 aromatic carbocycles. The maximum Gasteiger partial charge on any atom is 0.147 e. The highest BCUT2D eigenvalue weighted by Gasteiger charge is 2.23. The smallest absolute Gasteiger partial charge is 0.147 e. The standard InChI is InChI=1S/C17H30N4/c1-13(2)9-18-10-15-11-20-17(12-19-15)21(4)16-7-5-6-14(3)8-16/h11-14,16,18H,5-10H2,1-4H3. The molecule has 1 fully saturated rings. The quantitative estimate of drug-likeness (QED) is 0.873. The van der Waals surface area contributed by atoms with Crippen molar-refractivity contribution in [2.45, 2.75) is 59.0 Å². The van der Waals surface area contributed by atoms with Crippen LogP contribution < -0.4 is 10.2 Å². The molecule has 21 heavy (non-hydrogen) atoms. The fourth-order valence-electron chi connectivity index (χ4n) is 3.05. The van der Waals surface area contributed by atoms with Crippen molar-refractivity contribution >= 4 is 5.82 Å². The zero-order valence-corrected chi connectivity index (χ0v) is 14.0. The summed E-state index contributed by atoms with van der Waals surface area (Å²) in [6.07, 6.45) is 9.09. The topological polar surface area (TPSA) is 41.1 Å². The van der Waals surface area contributed by atoms with Gasteiger partial charge >= 0.3 is 0 Å². The third kappa shape index (κ3) is 4.95. The predicted molar refractivity (Wildman–Crippen MR) is 88.4 cm³/mol. The molecule has 1 aliphatic rings. The number of hydrogen-bond acceptors (Lipinski definition) is 4. The fourth-order valence-corrected chi connectivity index (χ4v) is 3.05. The largest absolute Gasteiger partial charge is 0.355 e. The Morgan fingerprint density at radius 1 is 1.29 bits per heavy atom. The van der Waals surface area contributed by atoms with E-state index in [4.69, 9.17) is 0 Å². The van der Waals surface area contributed by atoms with Gasteiger partial charge in [0.25, 0.3) is 0 Å². The zero-order valence-electron chi connectivity index (χ0n) is 14.0. The van der Waals surface area contributed by atoms with Crippen molar-refractivity contribution in [1.29, 1.82) is 0 Å². The average molecular weight is 290 g/mol. The number of anilines is 1. The van der Waals surface area contributed by atoms with Crippen molar-refractivity contribution in [3.8, 4) is 0 Å². The summed E-state index contributed by atoms with van der Waals surface area (Å²) in [6.45, 7) is 8.60. The lowest BCUT2D eigenvalue weighted by Crippen LogP contribution is -2.36. The van der Waals surface area contributed by atoms with Gasteiger partial charge in [-0.25, -0.2) is 4.98 Å². The molecule has 1 saturated carbocycles. The summed E-state index contributed by atoms with van der Waals surface area (Å²) in [5.41, 5.74) is 1.02. The second-order valence-electron chi connectivity index (χ2n) is 6.93. The average Bonchev–Trinajstić information content (AvgIpc) is 2.47. The molecule has 1 N–H and O–H groups in total. The highest BCUT2D eigenvalue weighted by atomic mass is 15.2. The molecule has 4 nitrogen and oxygen atoms in total. The van der Waals surface area contributed by atoms with E-state index >= 15 is 0 Å². The van der Waals surface area contributed by atoms with Crippen molar-refractivity contribution in [2.75, 3.05) is 18.5 Å². The molecule has 1 heterocycles. The lowest BCUT2D eigenvalue weighted by Gasteiger charge is -2.34. The molecule has 2 atom stereocenters. The molecule has 0 aliphatic heterocycles. The number of aromatic nitrogens is 2. The molecule has 1 aromatic rings. The van der Waals surface area contributed by atoms with Crippen LogP contribution in [0.2, 0.25) is 0 Å². The number of rotatable bonds is 6. The monoisotopic (exact) mass is 290 g/mol. The molecule has 0 amide bonds. The summed E-state index contributed by atoms with van der Waals surface area (Å²) in [6, 6.07) is 0.618. The van der Waals surface area contributed by atoms with Gasteiger partial charge in [-0.15, -0.1) is 0 Å². The molecule has 0 radical (unpaired) electrons. The van der Waals surface area contributed by atoms with E-state index in [1.165, 1.54) is 25.7 Å².